The van der Waals surface area contributed by atoms with Gasteiger partial charge in [-0.2, -0.15) is 5.26 Å². The first kappa shape index (κ1) is 15.9. The molecule has 0 aliphatic heterocycles. The number of amides is 1. The van der Waals surface area contributed by atoms with Crippen molar-refractivity contribution in [2.75, 3.05) is 18.4 Å². The maximum absolute atomic E-state index is 13.4. The minimum atomic E-state index is -0.562. The van der Waals surface area contributed by atoms with Crippen LogP contribution in [0.1, 0.15) is 27.2 Å². The smallest absolute Gasteiger partial charge is 0.263 e. The van der Waals surface area contributed by atoms with Crippen molar-refractivity contribution in [1.82, 2.24) is 10.3 Å². The van der Waals surface area contributed by atoms with Crippen molar-refractivity contribution in [2.24, 2.45) is 0 Å². The number of nitriles is 1. The van der Waals surface area contributed by atoms with Crippen molar-refractivity contribution >= 4 is 22.9 Å². The molecule has 5 nitrogen and oxygen atoms in total. The molecule has 0 unspecified atom stereocenters. The Labute approximate surface area is 131 Å². The molecule has 0 spiro atoms. The quantitative estimate of drug-likeness (QED) is 0.802. The van der Waals surface area contributed by atoms with Gasteiger partial charge in [0, 0.05) is 13.1 Å². The van der Waals surface area contributed by atoms with Crippen LogP contribution in [0.4, 0.5) is 10.1 Å². The van der Waals surface area contributed by atoms with Crippen molar-refractivity contribution in [1.29, 1.82) is 5.26 Å². The van der Waals surface area contributed by atoms with E-state index in [2.05, 4.69) is 15.6 Å². The molecule has 0 aliphatic rings. The lowest BCUT2D eigenvalue weighted by atomic mass is 10.2. The van der Waals surface area contributed by atoms with E-state index >= 15 is 0 Å². The topological polar surface area (TPSA) is 77.8 Å². The van der Waals surface area contributed by atoms with E-state index in [1.54, 1.807) is 12.3 Å². The zero-order valence-electron chi connectivity index (χ0n) is 12.0. The Balaban J connectivity index is 1.84. The average molecular weight is 318 g/mol. The second-order valence-corrected chi connectivity index (χ2v) is 5.54. The number of nitrogens with zero attached hydrogens (tertiary/aromatic N) is 2. The van der Waals surface area contributed by atoms with E-state index in [0.29, 0.717) is 23.7 Å². The van der Waals surface area contributed by atoms with Crippen LogP contribution >= 0.6 is 11.3 Å². The summed E-state index contributed by atoms with van der Waals surface area (Å²) in [6.45, 7) is 2.74. The lowest BCUT2D eigenvalue weighted by Gasteiger charge is -2.09. The summed E-state index contributed by atoms with van der Waals surface area (Å²) >= 11 is 1.37. The molecule has 0 radical (unpaired) electrons. The van der Waals surface area contributed by atoms with Gasteiger partial charge in [-0.05, 0) is 18.6 Å². The van der Waals surface area contributed by atoms with Crippen LogP contribution in [-0.2, 0) is 6.42 Å². The highest BCUT2D eigenvalue weighted by Crippen LogP contribution is 2.17. The Hall–Kier alpha value is -2.46. The zero-order valence-corrected chi connectivity index (χ0v) is 12.8. The van der Waals surface area contributed by atoms with Gasteiger partial charge in [-0.25, -0.2) is 9.37 Å². The molecular formula is C15H15FN4OS. The van der Waals surface area contributed by atoms with Gasteiger partial charge in [-0.1, -0.05) is 13.0 Å². The van der Waals surface area contributed by atoms with Gasteiger partial charge < -0.3 is 10.6 Å². The number of rotatable bonds is 6. The van der Waals surface area contributed by atoms with Gasteiger partial charge in [-0.15, -0.1) is 11.3 Å². The summed E-state index contributed by atoms with van der Waals surface area (Å²) in [7, 11) is 0. The van der Waals surface area contributed by atoms with Crippen LogP contribution in [0.5, 0.6) is 0 Å². The van der Waals surface area contributed by atoms with Crippen LogP contribution in [0.2, 0.25) is 0 Å². The third kappa shape index (κ3) is 3.80. The van der Waals surface area contributed by atoms with Crippen LogP contribution in [0.15, 0.2) is 24.4 Å². The SMILES string of the molecule is CCc1ncc(C(=O)NCCNc2cccc(F)c2C#N)s1. The van der Waals surface area contributed by atoms with Gasteiger partial charge in [0.1, 0.15) is 22.3 Å². The van der Waals surface area contributed by atoms with E-state index in [-0.39, 0.29) is 11.5 Å². The van der Waals surface area contributed by atoms with Crippen LogP contribution in [0, 0.1) is 17.1 Å². The molecule has 0 saturated heterocycles. The number of aromatic nitrogens is 1. The number of hydrogen-bond donors (Lipinski definition) is 2. The number of benzene rings is 1. The number of hydrogen-bond acceptors (Lipinski definition) is 5. The number of anilines is 1. The third-order valence-electron chi connectivity index (χ3n) is 2.93. The summed E-state index contributed by atoms with van der Waals surface area (Å²) in [5.41, 5.74) is 0.395. The summed E-state index contributed by atoms with van der Waals surface area (Å²) in [4.78, 5) is 16.6. The highest BCUT2D eigenvalue weighted by Gasteiger charge is 2.10. The molecule has 2 aromatic rings. The first-order chi connectivity index (χ1) is 10.7. The van der Waals surface area contributed by atoms with Crippen LogP contribution in [0.25, 0.3) is 0 Å². The number of thiazole rings is 1. The Kier molecular flexibility index (Phi) is 5.44. The van der Waals surface area contributed by atoms with Crippen molar-refractivity contribution < 1.29 is 9.18 Å². The molecule has 1 heterocycles. The first-order valence-electron chi connectivity index (χ1n) is 6.81. The molecule has 0 aliphatic carbocycles. The Bertz CT molecular complexity index is 708. The van der Waals surface area contributed by atoms with E-state index in [0.717, 1.165) is 11.4 Å². The van der Waals surface area contributed by atoms with Gasteiger partial charge in [-0.3, -0.25) is 4.79 Å². The lowest BCUT2D eigenvalue weighted by Crippen LogP contribution is -2.28. The minimum absolute atomic E-state index is 0.0242. The molecule has 2 rings (SSSR count). The van der Waals surface area contributed by atoms with Crippen LogP contribution in [0.3, 0.4) is 0 Å². The maximum Gasteiger partial charge on any atom is 0.263 e. The normalized spacial score (nSPS) is 10.0. The van der Waals surface area contributed by atoms with Gasteiger partial charge in [0.2, 0.25) is 0 Å². The number of aryl methyl sites for hydroxylation is 1. The second kappa shape index (κ2) is 7.52. The van der Waals surface area contributed by atoms with E-state index in [4.69, 9.17) is 5.26 Å². The molecule has 114 valence electrons. The summed E-state index contributed by atoms with van der Waals surface area (Å²) in [6.07, 6.45) is 2.36. The fraction of sp³-hybridized carbons (Fsp3) is 0.267. The number of halogens is 1. The Morgan fingerprint density at radius 2 is 2.27 bits per heavy atom. The molecule has 7 heteroatoms. The molecule has 22 heavy (non-hydrogen) atoms. The summed E-state index contributed by atoms with van der Waals surface area (Å²) in [5.74, 6) is -0.743. The van der Waals surface area contributed by atoms with Crippen molar-refractivity contribution in [3.63, 3.8) is 0 Å². The standard InChI is InChI=1S/C15H15FN4OS/c1-2-14-20-9-13(22-14)15(21)19-7-6-18-12-5-3-4-11(16)10(12)8-17/h3-5,9,18H,2,6-7H2,1H3,(H,19,21). The molecule has 0 fully saturated rings. The number of carbonyl (C=O) groups excluding carboxylic acids is 1. The predicted octanol–water partition coefficient (Wildman–Crippen LogP) is 2.56. The molecule has 0 bridgehead atoms. The fourth-order valence-electron chi connectivity index (χ4n) is 1.82. The van der Waals surface area contributed by atoms with Crippen LogP contribution in [-0.4, -0.2) is 24.0 Å². The average Bonchev–Trinajstić information content (AvgIpc) is 3.00. The Morgan fingerprint density at radius 3 is 2.95 bits per heavy atom. The molecule has 1 aromatic carbocycles. The molecule has 2 N–H and O–H groups in total. The van der Waals surface area contributed by atoms with E-state index < -0.39 is 5.82 Å². The zero-order chi connectivity index (χ0) is 15.9. The Morgan fingerprint density at radius 1 is 1.45 bits per heavy atom. The number of nitrogens with one attached hydrogen (secondary N) is 2. The minimum Gasteiger partial charge on any atom is -0.382 e. The highest BCUT2D eigenvalue weighted by atomic mass is 32.1. The third-order valence-corrected chi connectivity index (χ3v) is 4.07. The fourth-order valence-corrected chi connectivity index (χ4v) is 2.60. The monoisotopic (exact) mass is 318 g/mol. The van der Waals surface area contributed by atoms with Gasteiger partial charge in [0.05, 0.1) is 16.9 Å². The summed E-state index contributed by atoms with van der Waals surface area (Å²) in [6, 6.07) is 6.21. The summed E-state index contributed by atoms with van der Waals surface area (Å²) < 4.78 is 13.4. The second-order valence-electron chi connectivity index (χ2n) is 4.43. The van der Waals surface area contributed by atoms with Gasteiger partial charge >= 0.3 is 0 Å². The van der Waals surface area contributed by atoms with Crippen molar-refractivity contribution in [3.8, 4) is 6.07 Å². The molecule has 1 aromatic heterocycles. The highest BCUT2D eigenvalue weighted by molar-refractivity contribution is 7.13. The molecule has 0 saturated carbocycles. The van der Waals surface area contributed by atoms with E-state index in [1.807, 2.05) is 13.0 Å². The first-order valence-corrected chi connectivity index (χ1v) is 7.62. The van der Waals surface area contributed by atoms with Crippen molar-refractivity contribution in [2.45, 2.75) is 13.3 Å². The molecule has 1 amide bonds. The van der Waals surface area contributed by atoms with Crippen molar-refractivity contribution in [3.05, 3.63) is 45.7 Å². The molecular weight excluding hydrogens is 303 g/mol. The largest absolute Gasteiger partial charge is 0.382 e. The van der Waals surface area contributed by atoms with E-state index in [1.165, 1.54) is 23.5 Å². The number of carbonyl (C=O) groups is 1. The summed E-state index contributed by atoms with van der Waals surface area (Å²) in [5, 5.41) is 15.5. The van der Waals surface area contributed by atoms with E-state index in [9.17, 15) is 9.18 Å². The van der Waals surface area contributed by atoms with Gasteiger partial charge in [0.25, 0.3) is 5.91 Å². The van der Waals surface area contributed by atoms with Crippen LogP contribution < -0.4 is 10.6 Å². The predicted molar refractivity (Wildman–Crippen MR) is 83.4 cm³/mol. The molecule has 0 atom stereocenters. The lowest BCUT2D eigenvalue weighted by molar-refractivity contribution is 0.0959. The van der Waals surface area contributed by atoms with Gasteiger partial charge in [0.15, 0.2) is 0 Å². The maximum atomic E-state index is 13.4.